The number of hydrogen-bond donors (Lipinski definition) is 1. The molecule has 5 aliphatic rings. The van der Waals surface area contributed by atoms with Crippen LogP contribution in [0.25, 0.3) is 0 Å². The normalized spacial score (nSPS) is 53.3. The number of allylic oxidation sites excluding steroid dienone is 1. The van der Waals surface area contributed by atoms with Crippen LogP contribution in [0.5, 0.6) is 0 Å². The Balaban J connectivity index is 1.35. The first-order valence-electron chi connectivity index (χ1n) is 13.9. The molecule has 1 N–H and O–H groups in total. The summed E-state index contributed by atoms with van der Waals surface area (Å²) in [5.74, 6) is 7.17. The van der Waals surface area contributed by atoms with E-state index in [0.29, 0.717) is 16.2 Å². The highest BCUT2D eigenvalue weighted by molar-refractivity contribution is 5.25. The van der Waals surface area contributed by atoms with Crippen LogP contribution >= 0.6 is 0 Å². The number of rotatable bonds is 4. The minimum absolute atomic E-state index is 0.0810. The van der Waals surface area contributed by atoms with E-state index in [1.165, 1.54) is 44.9 Å². The molecule has 0 bridgehead atoms. The van der Waals surface area contributed by atoms with Gasteiger partial charge in [0, 0.05) is 0 Å². The first-order valence-corrected chi connectivity index (χ1v) is 13.9. The van der Waals surface area contributed by atoms with E-state index in [9.17, 15) is 5.11 Å². The Hall–Kier alpha value is -0.300. The van der Waals surface area contributed by atoms with Crippen molar-refractivity contribution < 1.29 is 5.11 Å². The Morgan fingerprint density at radius 1 is 0.903 bits per heavy atom. The Bertz CT molecular complexity index is 737. The zero-order valence-electron chi connectivity index (χ0n) is 21.6. The SMILES string of the molecule is CC(C)C(C)[C@@]1(C)C[C@@H]1[C@H](C)[C@@H]1CC[C@@H]2[C@H]3CC=C4C[C@H](O)CC[C@@]4(C)[C@@H]3CC[C@]21C. The summed E-state index contributed by atoms with van der Waals surface area (Å²) in [6, 6.07) is 0. The molecule has 0 heterocycles. The van der Waals surface area contributed by atoms with Crippen molar-refractivity contribution in [3.63, 3.8) is 0 Å². The molecule has 0 aliphatic heterocycles. The second-order valence-corrected chi connectivity index (χ2v) is 14.1. The van der Waals surface area contributed by atoms with Crippen LogP contribution in [0.1, 0.15) is 106 Å². The Kier molecular flexibility index (Phi) is 5.33. The van der Waals surface area contributed by atoms with Gasteiger partial charge in [-0.1, -0.05) is 60.1 Å². The van der Waals surface area contributed by atoms with Crippen molar-refractivity contribution in [3.05, 3.63) is 11.6 Å². The second kappa shape index (κ2) is 7.35. The summed E-state index contributed by atoms with van der Waals surface area (Å²) in [5.41, 5.74) is 3.17. The van der Waals surface area contributed by atoms with Crippen molar-refractivity contribution in [1.82, 2.24) is 0 Å². The topological polar surface area (TPSA) is 20.2 Å². The fourth-order valence-corrected chi connectivity index (χ4v) is 10.3. The molecule has 0 aromatic rings. The summed E-state index contributed by atoms with van der Waals surface area (Å²) in [5, 5.41) is 10.3. The molecule has 5 rings (SSSR count). The van der Waals surface area contributed by atoms with E-state index in [4.69, 9.17) is 0 Å². The third-order valence-corrected chi connectivity index (χ3v) is 12.8. The summed E-state index contributed by atoms with van der Waals surface area (Å²) in [6.07, 6.45) is 14.4. The van der Waals surface area contributed by atoms with E-state index in [-0.39, 0.29) is 6.10 Å². The molecule has 1 heteroatoms. The fraction of sp³-hybridized carbons (Fsp3) is 0.933. The van der Waals surface area contributed by atoms with Gasteiger partial charge in [0.05, 0.1) is 6.10 Å². The van der Waals surface area contributed by atoms with E-state index in [1.807, 2.05) is 0 Å². The van der Waals surface area contributed by atoms with Crippen LogP contribution in [0, 0.1) is 63.6 Å². The Labute approximate surface area is 192 Å². The monoisotopic (exact) mass is 426 g/mol. The van der Waals surface area contributed by atoms with E-state index in [1.54, 1.807) is 5.57 Å². The maximum Gasteiger partial charge on any atom is 0.0577 e. The quantitative estimate of drug-likeness (QED) is 0.453. The van der Waals surface area contributed by atoms with Gasteiger partial charge in [-0.25, -0.2) is 0 Å². The number of aliphatic hydroxyl groups is 1. The van der Waals surface area contributed by atoms with Crippen LogP contribution in [0.3, 0.4) is 0 Å². The molecule has 176 valence electrons. The second-order valence-electron chi connectivity index (χ2n) is 14.1. The van der Waals surface area contributed by atoms with Gasteiger partial charge in [0.1, 0.15) is 0 Å². The van der Waals surface area contributed by atoms with E-state index < -0.39 is 0 Å². The molecule has 1 unspecified atom stereocenters. The molecule has 4 fully saturated rings. The van der Waals surface area contributed by atoms with Gasteiger partial charge in [-0.2, -0.15) is 0 Å². The molecule has 0 aromatic heterocycles. The molecule has 0 radical (unpaired) electrons. The summed E-state index contributed by atoms with van der Waals surface area (Å²) in [6.45, 7) is 17.9. The smallest absolute Gasteiger partial charge is 0.0577 e. The molecule has 5 aliphatic carbocycles. The van der Waals surface area contributed by atoms with Gasteiger partial charge in [-0.15, -0.1) is 0 Å². The van der Waals surface area contributed by atoms with Gasteiger partial charge < -0.3 is 5.11 Å². The van der Waals surface area contributed by atoms with E-state index >= 15 is 0 Å². The lowest BCUT2D eigenvalue weighted by Gasteiger charge is -2.58. The van der Waals surface area contributed by atoms with Gasteiger partial charge in [0.25, 0.3) is 0 Å². The lowest BCUT2D eigenvalue weighted by molar-refractivity contribution is -0.0592. The third kappa shape index (κ3) is 3.18. The van der Waals surface area contributed by atoms with E-state index in [2.05, 4.69) is 54.5 Å². The molecule has 1 nitrogen and oxygen atoms in total. The minimum Gasteiger partial charge on any atom is -0.393 e. The highest BCUT2D eigenvalue weighted by Gasteiger charge is 2.63. The average Bonchev–Trinajstić information content (AvgIpc) is 3.29. The zero-order valence-corrected chi connectivity index (χ0v) is 21.6. The maximum atomic E-state index is 10.3. The highest BCUT2D eigenvalue weighted by atomic mass is 16.3. The van der Waals surface area contributed by atoms with Gasteiger partial charge in [0.2, 0.25) is 0 Å². The molecule has 0 spiro atoms. The Morgan fingerprint density at radius 2 is 1.65 bits per heavy atom. The van der Waals surface area contributed by atoms with Crippen LogP contribution in [0.15, 0.2) is 11.6 Å². The molecule has 0 aromatic carbocycles. The third-order valence-electron chi connectivity index (χ3n) is 12.8. The molecule has 11 atom stereocenters. The molecular weight excluding hydrogens is 376 g/mol. The predicted molar refractivity (Wildman–Crippen MR) is 131 cm³/mol. The van der Waals surface area contributed by atoms with Crippen molar-refractivity contribution in [2.45, 2.75) is 112 Å². The van der Waals surface area contributed by atoms with Gasteiger partial charge >= 0.3 is 0 Å². The fourth-order valence-electron chi connectivity index (χ4n) is 10.3. The van der Waals surface area contributed by atoms with Crippen LogP contribution in [-0.2, 0) is 0 Å². The zero-order chi connectivity index (χ0) is 22.3. The van der Waals surface area contributed by atoms with Crippen molar-refractivity contribution in [1.29, 1.82) is 0 Å². The number of aliphatic hydroxyl groups excluding tert-OH is 1. The summed E-state index contributed by atoms with van der Waals surface area (Å²) in [7, 11) is 0. The van der Waals surface area contributed by atoms with Crippen LogP contribution in [-0.4, -0.2) is 11.2 Å². The Morgan fingerprint density at radius 3 is 2.35 bits per heavy atom. The van der Waals surface area contributed by atoms with Crippen LogP contribution < -0.4 is 0 Å². The summed E-state index contributed by atoms with van der Waals surface area (Å²) >= 11 is 0. The molecule has 4 saturated carbocycles. The standard InChI is InChI=1S/C30H50O/c1-18(2)20(4)30(7)17-27(30)19(3)24-10-11-25-23-9-8-21-16-22(31)12-14-28(21,5)26(23)13-15-29(24,25)6/h8,18-20,22-27,31H,9-17H2,1-7H3/t19-,20?,22-,23-,24+,25-,26-,27-,28-,29+,30-/m1/s1. The average molecular weight is 427 g/mol. The highest BCUT2D eigenvalue weighted by Crippen LogP contribution is 2.71. The minimum atomic E-state index is -0.0810. The maximum absolute atomic E-state index is 10.3. The molecule has 31 heavy (non-hydrogen) atoms. The van der Waals surface area contributed by atoms with Gasteiger partial charge in [0.15, 0.2) is 0 Å². The van der Waals surface area contributed by atoms with Crippen molar-refractivity contribution in [2.75, 3.05) is 0 Å². The van der Waals surface area contributed by atoms with Crippen LogP contribution in [0.2, 0.25) is 0 Å². The van der Waals surface area contributed by atoms with Gasteiger partial charge in [-0.3, -0.25) is 0 Å². The lowest BCUT2D eigenvalue weighted by Crippen LogP contribution is -2.51. The van der Waals surface area contributed by atoms with Crippen molar-refractivity contribution >= 4 is 0 Å². The molecular formula is C30H50O. The van der Waals surface area contributed by atoms with Crippen molar-refractivity contribution in [3.8, 4) is 0 Å². The first kappa shape index (κ1) is 22.5. The van der Waals surface area contributed by atoms with E-state index in [0.717, 1.165) is 60.2 Å². The van der Waals surface area contributed by atoms with Gasteiger partial charge in [-0.05, 0) is 121 Å². The number of hydrogen-bond acceptors (Lipinski definition) is 1. The largest absolute Gasteiger partial charge is 0.393 e. The summed E-state index contributed by atoms with van der Waals surface area (Å²) < 4.78 is 0. The molecule has 0 amide bonds. The number of fused-ring (bicyclic) bond motifs is 5. The summed E-state index contributed by atoms with van der Waals surface area (Å²) in [4.78, 5) is 0. The van der Waals surface area contributed by atoms with Crippen molar-refractivity contribution in [2.24, 2.45) is 63.6 Å². The first-order chi connectivity index (χ1) is 14.5. The van der Waals surface area contributed by atoms with Crippen LogP contribution in [0.4, 0.5) is 0 Å². The lowest BCUT2D eigenvalue weighted by atomic mass is 9.47. The predicted octanol–water partition coefficient (Wildman–Crippen LogP) is 7.88. The molecule has 0 saturated heterocycles.